The molecule has 1 heterocycles. The van der Waals surface area contributed by atoms with E-state index in [0.29, 0.717) is 32.7 Å². The molecule has 19 heavy (non-hydrogen) atoms. The molecule has 2 aromatic rings. The van der Waals surface area contributed by atoms with Crippen LogP contribution in [0.3, 0.4) is 0 Å². The van der Waals surface area contributed by atoms with Crippen LogP contribution < -0.4 is 5.73 Å². The van der Waals surface area contributed by atoms with Gasteiger partial charge >= 0.3 is 5.97 Å². The molecular formula is C13H10Cl2N2O2. The summed E-state index contributed by atoms with van der Waals surface area (Å²) in [5.74, 6) is -0.999. The Hall–Kier alpha value is -1.78. The van der Waals surface area contributed by atoms with Gasteiger partial charge in [0.2, 0.25) is 0 Å². The summed E-state index contributed by atoms with van der Waals surface area (Å²) >= 11 is 12.2. The molecule has 0 aliphatic rings. The SMILES string of the molecule is Nc1ccc(-c2c(Cl)cccc2Cl)nc1CC(=O)O. The number of nitrogens with two attached hydrogens (primary N) is 1. The number of carbonyl (C=O) groups is 1. The van der Waals surface area contributed by atoms with Gasteiger partial charge in [-0.25, -0.2) is 4.98 Å². The molecule has 0 fully saturated rings. The van der Waals surface area contributed by atoms with Crippen molar-refractivity contribution in [1.82, 2.24) is 4.98 Å². The number of aliphatic carboxylic acids is 1. The van der Waals surface area contributed by atoms with Crippen LogP contribution in [0.15, 0.2) is 30.3 Å². The van der Waals surface area contributed by atoms with Gasteiger partial charge in [0, 0.05) is 5.56 Å². The second-order valence-corrected chi connectivity index (χ2v) is 4.71. The topological polar surface area (TPSA) is 76.2 Å². The average Bonchev–Trinajstić information content (AvgIpc) is 2.32. The van der Waals surface area contributed by atoms with Crippen molar-refractivity contribution in [2.45, 2.75) is 6.42 Å². The van der Waals surface area contributed by atoms with Crippen LogP contribution in [0.5, 0.6) is 0 Å². The van der Waals surface area contributed by atoms with Crippen molar-refractivity contribution in [3.63, 3.8) is 0 Å². The summed E-state index contributed by atoms with van der Waals surface area (Å²) in [4.78, 5) is 15.0. The Bertz CT molecular complexity index is 624. The van der Waals surface area contributed by atoms with Gasteiger partial charge < -0.3 is 10.8 Å². The molecule has 98 valence electrons. The highest BCUT2D eigenvalue weighted by Gasteiger charge is 2.13. The normalized spacial score (nSPS) is 10.4. The van der Waals surface area contributed by atoms with E-state index < -0.39 is 5.97 Å². The van der Waals surface area contributed by atoms with Crippen LogP contribution in [0.2, 0.25) is 10.0 Å². The van der Waals surface area contributed by atoms with Crippen LogP contribution in [0.4, 0.5) is 5.69 Å². The smallest absolute Gasteiger partial charge is 0.309 e. The molecule has 0 amide bonds. The minimum absolute atomic E-state index is 0.248. The number of halogens is 2. The lowest BCUT2D eigenvalue weighted by Crippen LogP contribution is -2.06. The number of hydrogen-bond donors (Lipinski definition) is 2. The van der Waals surface area contributed by atoms with Gasteiger partial charge in [0.25, 0.3) is 0 Å². The third-order valence-corrected chi connectivity index (χ3v) is 3.18. The zero-order valence-electron chi connectivity index (χ0n) is 9.73. The summed E-state index contributed by atoms with van der Waals surface area (Å²) in [5.41, 5.74) is 7.39. The number of rotatable bonds is 3. The molecule has 0 aliphatic carbocycles. The van der Waals surface area contributed by atoms with Gasteiger partial charge in [-0.1, -0.05) is 29.3 Å². The van der Waals surface area contributed by atoms with Crippen LogP contribution in [0, 0.1) is 0 Å². The first-order valence-electron chi connectivity index (χ1n) is 5.40. The Balaban J connectivity index is 2.54. The molecule has 4 nitrogen and oxygen atoms in total. The van der Waals surface area contributed by atoms with E-state index in [1.54, 1.807) is 30.3 Å². The number of anilines is 1. The summed E-state index contributed by atoms with van der Waals surface area (Å²) in [6, 6.07) is 8.37. The van der Waals surface area contributed by atoms with Gasteiger partial charge in [-0.3, -0.25) is 4.79 Å². The van der Waals surface area contributed by atoms with Crippen molar-refractivity contribution in [3.05, 3.63) is 46.1 Å². The van der Waals surface area contributed by atoms with Crippen LogP contribution in [0.1, 0.15) is 5.69 Å². The molecule has 0 radical (unpaired) electrons. The summed E-state index contributed by atoms with van der Waals surface area (Å²) in [6.45, 7) is 0. The van der Waals surface area contributed by atoms with Crippen LogP contribution in [-0.2, 0) is 11.2 Å². The maximum atomic E-state index is 10.8. The number of pyridine rings is 1. The van der Waals surface area contributed by atoms with E-state index in [9.17, 15) is 4.79 Å². The van der Waals surface area contributed by atoms with E-state index in [4.69, 9.17) is 34.0 Å². The first kappa shape index (κ1) is 13.6. The van der Waals surface area contributed by atoms with Gasteiger partial charge in [0.05, 0.1) is 33.5 Å². The second kappa shape index (κ2) is 5.47. The van der Waals surface area contributed by atoms with Crippen molar-refractivity contribution in [2.24, 2.45) is 0 Å². The molecule has 1 aromatic heterocycles. The largest absolute Gasteiger partial charge is 0.481 e. The van der Waals surface area contributed by atoms with E-state index in [1.807, 2.05) is 0 Å². The maximum Gasteiger partial charge on any atom is 0.309 e. The van der Waals surface area contributed by atoms with E-state index in [0.717, 1.165) is 0 Å². The highest BCUT2D eigenvalue weighted by Crippen LogP contribution is 2.34. The number of hydrogen-bond acceptors (Lipinski definition) is 3. The predicted molar refractivity (Wildman–Crippen MR) is 75.4 cm³/mol. The Morgan fingerprint density at radius 3 is 2.42 bits per heavy atom. The fourth-order valence-electron chi connectivity index (χ4n) is 1.68. The minimum Gasteiger partial charge on any atom is -0.481 e. The van der Waals surface area contributed by atoms with Crippen LogP contribution in [-0.4, -0.2) is 16.1 Å². The predicted octanol–water partition coefficient (Wildman–Crippen LogP) is 3.26. The van der Waals surface area contributed by atoms with Crippen molar-refractivity contribution >= 4 is 34.9 Å². The minimum atomic E-state index is -0.999. The fraction of sp³-hybridized carbons (Fsp3) is 0.0769. The number of nitrogen functional groups attached to an aromatic ring is 1. The molecule has 0 bridgehead atoms. The highest BCUT2D eigenvalue weighted by atomic mass is 35.5. The summed E-state index contributed by atoms with van der Waals surface area (Å²) in [6.07, 6.45) is -0.248. The summed E-state index contributed by atoms with van der Waals surface area (Å²) < 4.78 is 0. The third kappa shape index (κ3) is 2.97. The van der Waals surface area contributed by atoms with Gasteiger partial charge in [-0.05, 0) is 24.3 Å². The molecule has 0 saturated carbocycles. The standard InChI is InChI=1S/C13H10Cl2N2O2/c14-7-2-1-3-8(15)13(7)10-5-4-9(16)11(17-10)6-12(18)19/h1-5H,6,16H2,(H,18,19). The molecule has 3 N–H and O–H groups in total. The fourth-order valence-corrected chi connectivity index (χ4v) is 2.27. The lowest BCUT2D eigenvalue weighted by Gasteiger charge is -2.09. The monoisotopic (exact) mass is 296 g/mol. The van der Waals surface area contributed by atoms with Crippen molar-refractivity contribution in [3.8, 4) is 11.3 Å². The molecule has 0 aliphatic heterocycles. The van der Waals surface area contributed by atoms with Crippen LogP contribution in [0.25, 0.3) is 11.3 Å². The summed E-state index contributed by atoms with van der Waals surface area (Å²) in [7, 11) is 0. The molecule has 0 atom stereocenters. The Morgan fingerprint density at radius 1 is 1.21 bits per heavy atom. The van der Waals surface area contributed by atoms with Gasteiger partial charge in [-0.2, -0.15) is 0 Å². The van der Waals surface area contributed by atoms with Gasteiger partial charge in [0.1, 0.15) is 0 Å². The molecule has 0 saturated heterocycles. The van der Waals surface area contributed by atoms with Crippen molar-refractivity contribution in [2.75, 3.05) is 5.73 Å². The Kier molecular flexibility index (Phi) is 3.93. The molecule has 0 unspecified atom stereocenters. The van der Waals surface area contributed by atoms with Crippen molar-refractivity contribution < 1.29 is 9.90 Å². The Morgan fingerprint density at radius 2 is 1.84 bits per heavy atom. The lowest BCUT2D eigenvalue weighted by molar-refractivity contribution is -0.136. The average molecular weight is 297 g/mol. The molecule has 1 aromatic carbocycles. The van der Waals surface area contributed by atoms with E-state index in [-0.39, 0.29) is 6.42 Å². The number of aromatic nitrogens is 1. The highest BCUT2D eigenvalue weighted by molar-refractivity contribution is 6.39. The van der Waals surface area contributed by atoms with Crippen molar-refractivity contribution in [1.29, 1.82) is 0 Å². The molecule has 0 spiro atoms. The third-order valence-electron chi connectivity index (χ3n) is 2.55. The van der Waals surface area contributed by atoms with Gasteiger partial charge in [0.15, 0.2) is 0 Å². The van der Waals surface area contributed by atoms with Gasteiger partial charge in [-0.15, -0.1) is 0 Å². The zero-order valence-corrected chi connectivity index (χ0v) is 11.2. The number of carboxylic acid groups (broad SMARTS) is 1. The number of nitrogens with zero attached hydrogens (tertiary/aromatic N) is 1. The van der Waals surface area contributed by atoms with Crippen LogP contribution >= 0.6 is 23.2 Å². The number of carboxylic acids is 1. The second-order valence-electron chi connectivity index (χ2n) is 3.90. The number of benzene rings is 1. The molecule has 2 rings (SSSR count). The summed E-state index contributed by atoms with van der Waals surface area (Å²) in [5, 5.41) is 9.71. The molecule has 6 heteroatoms. The Labute approximate surface area is 119 Å². The zero-order chi connectivity index (χ0) is 14.0. The molecular weight excluding hydrogens is 287 g/mol. The maximum absolute atomic E-state index is 10.8. The van der Waals surface area contributed by atoms with E-state index >= 15 is 0 Å². The first-order valence-corrected chi connectivity index (χ1v) is 6.16. The quantitative estimate of drug-likeness (QED) is 0.911. The first-order chi connectivity index (χ1) is 8.99. The lowest BCUT2D eigenvalue weighted by atomic mass is 10.1. The van der Waals surface area contributed by atoms with E-state index in [1.165, 1.54) is 0 Å². The van der Waals surface area contributed by atoms with E-state index in [2.05, 4.69) is 4.98 Å².